The highest BCUT2D eigenvalue weighted by molar-refractivity contribution is 9.10. The minimum Gasteiger partial charge on any atom is -0.313 e. The van der Waals surface area contributed by atoms with E-state index >= 15 is 0 Å². The first-order valence-electron chi connectivity index (χ1n) is 6.58. The molecule has 0 aliphatic heterocycles. The first-order chi connectivity index (χ1) is 9.11. The van der Waals surface area contributed by atoms with Gasteiger partial charge < -0.3 is 5.32 Å². The molecule has 0 aromatic carbocycles. The molecule has 0 saturated heterocycles. The Morgan fingerprint density at radius 3 is 2.84 bits per heavy atom. The quantitative estimate of drug-likeness (QED) is 0.808. The molecule has 2 heterocycles. The van der Waals surface area contributed by atoms with Gasteiger partial charge in [0.05, 0.1) is 12.2 Å². The van der Waals surface area contributed by atoms with E-state index in [9.17, 15) is 0 Å². The molecule has 0 aliphatic carbocycles. The maximum absolute atomic E-state index is 4.66. The van der Waals surface area contributed by atoms with Crippen molar-refractivity contribution >= 4 is 27.3 Å². The lowest BCUT2D eigenvalue weighted by Gasteiger charge is -2.05. The summed E-state index contributed by atoms with van der Waals surface area (Å²) in [5, 5.41) is 10.2. The molecule has 5 heteroatoms. The lowest BCUT2D eigenvalue weighted by atomic mass is 10.2. The van der Waals surface area contributed by atoms with Crippen molar-refractivity contribution in [3.63, 3.8) is 0 Å². The van der Waals surface area contributed by atoms with Gasteiger partial charge in [0.1, 0.15) is 0 Å². The summed E-state index contributed by atoms with van der Waals surface area (Å²) in [6.07, 6.45) is 1.16. The van der Waals surface area contributed by atoms with Gasteiger partial charge in [-0.15, -0.1) is 11.3 Å². The molecular formula is C14H20BrN3S. The predicted octanol–water partition coefficient (Wildman–Crippen LogP) is 3.87. The van der Waals surface area contributed by atoms with Crippen molar-refractivity contribution in [2.75, 3.05) is 6.54 Å². The Morgan fingerprint density at radius 1 is 1.42 bits per heavy atom. The van der Waals surface area contributed by atoms with Crippen molar-refractivity contribution in [3.05, 3.63) is 37.7 Å². The van der Waals surface area contributed by atoms with Gasteiger partial charge in [-0.2, -0.15) is 5.10 Å². The fourth-order valence-corrected chi connectivity index (χ4v) is 3.55. The summed E-state index contributed by atoms with van der Waals surface area (Å²) in [5.41, 5.74) is 3.74. The average Bonchev–Trinajstić information content (AvgIpc) is 2.88. The first-order valence-corrected chi connectivity index (χ1v) is 8.25. The number of rotatable bonds is 6. The van der Waals surface area contributed by atoms with E-state index in [1.165, 1.54) is 16.1 Å². The molecule has 104 valence electrons. The van der Waals surface area contributed by atoms with Crippen LogP contribution in [0.2, 0.25) is 0 Å². The minimum atomic E-state index is 0.858. The molecule has 3 nitrogen and oxygen atoms in total. The molecule has 1 N–H and O–H groups in total. The van der Waals surface area contributed by atoms with Crippen LogP contribution in [0.4, 0.5) is 0 Å². The highest BCUT2D eigenvalue weighted by Gasteiger charge is 2.11. The summed E-state index contributed by atoms with van der Waals surface area (Å²) >= 11 is 5.26. The van der Waals surface area contributed by atoms with Crippen molar-refractivity contribution in [2.45, 2.75) is 40.3 Å². The largest absolute Gasteiger partial charge is 0.313 e. The van der Waals surface area contributed by atoms with E-state index in [0.717, 1.165) is 36.2 Å². The number of nitrogens with zero attached hydrogens (tertiary/aromatic N) is 2. The third-order valence-corrected chi connectivity index (χ3v) is 4.87. The van der Waals surface area contributed by atoms with Crippen LogP contribution in [0.25, 0.3) is 0 Å². The topological polar surface area (TPSA) is 29.9 Å². The second kappa shape index (κ2) is 6.68. The highest BCUT2D eigenvalue weighted by atomic mass is 79.9. The first kappa shape index (κ1) is 14.8. The van der Waals surface area contributed by atoms with Gasteiger partial charge in [0.15, 0.2) is 0 Å². The molecule has 0 unspecified atom stereocenters. The van der Waals surface area contributed by atoms with Crippen molar-refractivity contribution in [2.24, 2.45) is 0 Å². The maximum atomic E-state index is 4.66. The van der Waals surface area contributed by atoms with Crippen LogP contribution in [0.15, 0.2) is 15.9 Å². The van der Waals surface area contributed by atoms with Crippen LogP contribution in [-0.2, 0) is 13.1 Å². The van der Waals surface area contributed by atoms with Gasteiger partial charge >= 0.3 is 0 Å². The SMILES string of the molecule is CCCNCc1c(C)nn(Cc2cc(Br)cs2)c1C. The molecule has 0 bridgehead atoms. The van der Waals surface area contributed by atoms with Crippen molar-refractivity contribution in [1.82, 2.24) is 15.1 Å². The Balaban J connectivity index is 2.11. The Kier molecular flexibility index (Phi) is 5.19. The third kappa shape index (κ3) is 3.68. The molecule has 0 aliphatic rings. The van der Waals surface area contributed by atoms with Gasteiger partial charge in [-0.25, -0.2) is 0 Å². The maximum Gasteiger partial charge on any atom is 0.0755 e. The van der Waals surface area contributed by atoms with Gasteiger partial charge in [-0.3, -0.25) is 4.68 Å². The summed E-state index contributed by atoms with van der Waals surface area (Å²) in [7, 11) is 0. The van der Waals surface area contributed by atoms with Crippen LogP contribution >= 0.6 is 27.3 Å². The van der Waals surface area contributed by atoms with Crippen LogP contribution in [0.3, 0.4) is 0 Å². The van der Waals surface area contributed by atoms with Crippen LogP contribution < -0.4 is 5.32 Å². The second-order valence-electron chi connectivity index (χ2n) is 4.72. The summed E-state index contributed by atoms with van der Waals surface area (Å²) in [6.45, 7) is 9.27. The van der Waals surface area contributed by atoms with E-state index in [-0.39, 0.29) is 0 Å². The van der Waals surface area contributed by atoms with E-state index < -0.39 is 0 Å². The number of aryl methyl sites for hydroxylation is 1. The fraction of sp³-hybridized carbons (Fsp3) is 0.500. The number of halogens is 1. The Labute approximate surface area is 127 Å². The normalized spacial score (nSPS) is 11.2. The van der Waals surface area contributed by atoms with Gasteiger partial charge in [0.2, 0.25) is 0 Å². The third-order valence-electron chi connectivity index (χ3n) is 3.19. The number of nitrogens with one attached hydrogen (secondary N) is 1. The molecule has 19 heavy (non-hydrogen) atoms. The zero-order chi connectivity index (χ0) is 13.8. The molecule has 2 rings (SSSR count). The van der Waals surface area contributed by atoms with Crippen molar-refractivity contribution in [1.29, 1.82) is 0 Å². The van der Waals surface area contributed by atoms with Crippen molar-refractivity contribution in [3.8, 4) is 0 Å². The number of aromatic nitrogens is 2. The molecule has 2 aromatic rings. The smallest absolute Gasteiger partial charge is 0.0755 e. The van der Waals surface area contributed by atoms with Crippen molar-refractivity contribution < 1.29 is 0 Å². The van der Waals surface area contributed by atoms with E-state index in [1.807, 2.05) is 0 Å². The predicted molar refractivity (Wildman–Crippen MR) is 84.8 cm³/mol. The molecule has 0 atom stereocenters. The van der Waals surface area contributed by atoms with E-state index in [1.54, 1.807) is 11.3 Å². The molecule has 0 radical (unpaired) electrons. The minimum absolute atomic E-state index is 0.858. The highest BCUT2D eigenvalue weighted by Crippen LogP contribution is 2.22. The Bertz CT molecular complexity index is 545. The van der Waals surface area contributed by atoms with Crippen LogP contribution in [0, 0.1) is 13.8 Å². The summed E-state index contributed by atoms with van der Waals surface area (Å²) in [4.78, 5) is 1.32. The lowest BCUT2D eigenvalue weighted by molar-refractivity contribution is 0.655. The molecule has 0 spiro atoms. The Hall–Kier alpha value is -0.650. The average molecular weight is 342 g/mol. The molecule has 0 fully saturated rings. The molecule has 0 amide bonds. The Morgan fingerprint density at radius 2 is 2.21 bits per heavy atom. The standard InChI is InChI=1S/C14H20BrN3S/c1-4-5-16-7-14-10(2)17-18(11(14)3)8-13-6-12(15)9-19-13/h6,9,16H,4-5,7-8H2,1-3H3. The zero-order valence-corrected chi connectivity index (χ0v) is 14.1. The van der Waals surface area contributed by atoms with Crippen LogP contribution in [-0.4, -0.2) is 16.3 Å². The second-order valence-corrected chi connectivity index (χ2v) is 6.63. The van der Waals surface area contributed by atoms with E-state index in [2.05, 4.69) is 63.2 Å². The van der Waals surface area contributed by atoms with Crippen LogP contribution in [0.1, 0.15) is 35.2 Å². The number of hydrogen-bond donors (Lipinski definition) is 1. The molecular weight excluding hydrogens is 322 g/mol. The van der Waals surface area contributed by atoms with Gasteiger partial charge in [-0.05, 0) is 48.8 Å². The van der Waals surface area contributed by atoms with Gasteiger partial charge in [-0.1, -0.05) is 6.92 Å². The van der Waals surface area contributed by atoms with E-state index in [0.29, 0.717) is 0 Å². The molecule has 2 aromatic heterocycles. The number of hydrogen-bond acceptors (Lipinski definition) is 3. The lowest BCUT2D eigenvalue weighted by Crippen LogP contribution is -2.15. The van der Waals surface area contributed by atoms with Crippen LogP contribution in [0.5, 0.6) is 0 Å². The summed E-state index contributed by atoms with van der Waals surface area (Å²) in [6, 6.07) is 2.16. The van der Waals surface area contributed by atoms with E-state index in [4.69, 9.17) is 0 Å². The number of thiophene rings is 1. The zero-order valence-electron chi connectivity index (χ0n) is 11.7. The molecule has 0 saturated carbocycles. The fourth-order valence-electron chi connectivity index (χ4n) is 2.12. The van der Waals surface area contributed by atoms with Gasteiger partial charge in [0, 0.05) is 32.5 Å². The monoisotopic (exact) mass is 341 g/mol. The van der Waals surface area contributed by atoms with Gasteiger partial charge in [0.25, 0.3) is 0 Å². The summed E-state index contributed by atoms with van der Waals surface area (Å²) in [5.74, 6) is 0. The summed E-state index contributed by atoms with van der Waals surface area (Å²) < 4.78 is 3.26.